The highest BCUT2D eigenvalue weighted by molar-refractivity contribution is 6.32. The summed E-state index contributed by atoms with van der Waals surface area (Å²) in [4.78, 5) is 16.3. The Bertz CT molecular complexity index is 780. The molecule has 1 aliphatic rings. The van der Waals surface area contributed by atoms with Crippen molar-refractivity contribution in [1.29, 1.82) is 0 Å². The maximum absolute atomic E-state index is 13.9. The molecule has 0 atom stereocenters. The van der Waals surface area contributed by atoms with Crippen molar-refractivity contribution in [3.05, 3.63) is 63.9 Å². The molecule has 1 amide bonds. The van der Waals surface area contributed by atoms with Gasteiger partial charge in [0.15, 0.2) is 0 Å². The van der Waals surface area contributed by atoms with Crippen LogP contribution in [0.5, 0.6) is 5.75 Å². The first kappa shape index (κ1) is 19.0. The highest BCUT2D eigenvalue weighted by Gasteiger charge is 2.24. The van der Waals surface area contributed by atoms with Crippen LogP contribution in [0.1, 0.15) is 10.4 Å². The Kier molecular flexibility index (Phi) is 6.35. The fourth-order valence-corrected chi connectivity index (χ4v) is 3.22. The Hall–Kier alpha value is -1.82. The van der Waals surface area contributed by atoms with E-state index in [0.29, 0.717) is 48.6 Å². The fourth-order valence-electron chi connectivity index (χ4n) is 2.85. The number of hydrogen-bond donors (Lipinski definition) is 0. The second-order valence-corrected chi connectivity index (χ2v) is 6.88. The number of para-hydroxylation sites is 1. The number of carbonyl (C=O) groups excluding carboxylic acids is 1. The molecule has 0 N–H and O–H groups in total. The molecule has 1 saturated heterocycles. The first-order valence-corrected chi connectivity index (χ1v) is 9.14. The third kappa shape index (κ3) is 4.67. The Morgan fingerprint density at radius 3 is 2.54 bits per heavy atom. The van der Waals surface area contributed by atoms with Gasteiger partial charge in [-0.25, -0.2) is 4.39 Å². The molecule has 4 nitrogen and oxygen atoms in total. The molecule has 0 aliphatic carbocycles. The van der Waals surface area contributed by atoms with E-state index in [4.69, 9.17) is 27.9 Å². The van der Waals surface area contributed by atoms with Gasteiger partial charge in [0.25, 0.3) is 5.91 Å². The molecule has 1 aliphatic heterocycles. The molecule has 2 aromatic carbocycles. The van der Waals surface area contributed by atoms with E-state index < -0.39 is 5.82 Å². The van der Waals surface area contributed by atoms with Crippen LogP contribution in [0.4, 0.5) is 4.39 Å². The molecule has 1 fully saturated rings. The van der Waals surface area contributed by atoms with Crippen molar-refractivity contribution in [2.75, 3.05) is 39.3 Å². The molecule has 2 aromatic rings. The summed E-state index contributed by atoms with van der Waals surface area (Å²) in [6.07, 6.45) is 0. The van der Waals surface area contributed by atoms with Crippen LogP contribution in [0.25, 0.3) is 0 Å². The summed E-state index contributed by atoms with van der Waals surface area (Å²) in [6, 6.07) is 11.4. The maximum Gasteiger partial charge on any atom is 0.256 e. The Morgan fingerprint density at radius 2 is 1.81 bits per heavy atom. The summed E-state index contributed by atoms with van der Waals surface area (Å²) in [5.74, 6) is -0.202. The summed E-state index contributed by atoms with van der Waals surface area (Å²) in [5.41, 5.74) is 0.0213. The molecular weight excluding hydrogens is 378 g/mol. The van der Waals surface area contributed by atoms with Gasteiger partial charge in [-0.1, -0.05) is 35.3 Å². The molecular formula is C19H19Cl2FN2O2. The Balaban J connectivity index is 1.47. The van der Waals surface area contributed by atoms with Gasteiger partial charge in [0.2, 0.25) is 0 Å². The number of rotatable bonds is 5. The number of halogens is 3. The molecule has 138 valence electrons. The summed E-state index contributed by atoms with van der Waals surface area (Å²) in [5, 5.41) is 0.941. The van der Waals surface area contributed by atoms with Crippen molar-refractivity contribution >= 4 is 29.1 Å². The lowest BCUT2D eigenvalue weighted by Gasteiger charge is -2.34. The van der Waals surface area contributed by atoms with E-state index in [9.17, 15) is 9.18 Å². The van der Waals surface area contributed by atoms with E-state index >= 15 is 0 Å². The zero-order valence-corrected chi connectivity index (χ0v) is 15.6. The quantitative estimate of drug-likeness (QED) is 0.766. The van der Waals surface area contributed by atoms with Crippen molar-refractivity contribution in [2.45, 2.75) is 0 Å². The molecule has 0 bridgehead atoms. The van der Waals surface area contributed by atoms with Crippen LogP contribution in [0, 0.1) is 5.82 Å². The fraction of sp³-hybridized carbons (Fsp3) is 0.316. The van der Waals surface area contributed by atoms with Gasteiger partial charge in [-0.15, -0.1) is 0 Å². The SMILES string of the molecule is O=C(c1cc(Cl)ccc1F)N1CCN(CCOc2ccccc2Cl)CC1. The zero-order chi connectivity index (χ0) is 18.5. The highest BCUT2D eigenvalue weighted by atomic mass is 35.5. The van der Waals surface area contributed by atoms with E-state index in [0.717, 1.165) is 6.54 Å². The van der Waals surface area contributed by atoms with E-state index in [-0.39, 0.29) is 11.5 Å². The maximum atomic E-state index is 13.9. The molecule has 0 unspecified atom stereocenters. The van der Waals surface area contributed by atoms with Gasteiger partial charge >= 0.3 is 0 Å². The highest BCUT2D eigenvalue weighted by Crippen LogP contribution is 2.23. The number of amides is 1. The Morgan fingerprint density at radius 1 is 1.08 bits per heavy atom. The monoisotopic (exact) mass is 396 g/mol. The second-order valence-electron chi connectivity index (χ2n) is 6.04. The van der Waals surface area contributed by atoms with Crippen LogP contribution in [0.3, 0.4) is 0 Å². The number of nitrogens with zero attached hydrogens (tertiary/aromatic N) is 2. The van der Waals surface area contributed by atoms with Gasteiger partial charge in [-0.3, -0.25) is 9.69 Å². The largest absolute Gasteiger partial charge is 0.491 e. The molecule has 3 rings (SSSR count). The lowest BCUT2D eigenvalue weighted by Crippen LogP contribution is -2.49. The normalized spacial score (nSPS) is 15.1. The van der Waals surface area contributed by atoms with Gasteiger partial charge in [0.05, 0.1) is 10.6 Å². The standard InChI is InChI=1S/C19H19Cl2FN2O2/c20-14-5-6-17(22)15(13-14)19(25)24-9-7-23(8-10-24)11-12-26-18-4-2-1-3-16(18)21/h1-6,13H,7-12H2. The average Bonchev–Trinajstić information content (AvgIpc) is 2.65. The van der Waals surface area contributed by atoms with Crippen molar-refractivity contribution in [1.82, 2.24) is 9.80 Å². The lowest BCUT2D eigenvalue weighted by molar-refractivity contribution is 0.0616. The van der Waals surface area contributed by atoms with Gasteiger partial charge in [0.1, 0.15) is 18.2 Å². The first-order valence-electron chi connectivity index (χ1n) is 8.38. The van der Waals surface area contributed by atoms with Crippen LogP contribution in [-0.4, -0.2) is 55.0 Å². The van der Waals surface area contributed by atoms with Crippen molar-refractivity contribution in [2.24, 2.45) is 0 Å². The number of ether oxygens (including phenoxy) is 1. The third-order valence-electron chi connectivity index (χ3n) is 4.32. The van der Waals surface area contributed by atoms with Crippen LogP contribution in [0.2, 0.25) is 10.0 Å². The zero-order valence-electron chi connectivity index (χ0n) is 14.1. The van der Waals surface area contributed by atoms with Gasteiger partial charge < -0.3 is 9.64 Å². The van der Waals surface area contributed by atoms with E-state index in [1.54, 1.807) is 11.0 Å². The third-order valence-corrected chi connectivity index (χ3v) is 4.87. The number of benzene rings is 2. The number of piperazine rings is 1. The predicted octanol–water partition coefficient (Wildman–Crippen LogP) is 3.97. The average molecular weight is 397 g/mol. The summed E-state index contributed by atoms with van der Waals surface area (Å²) >= 11 is 11.9. The summed E-state index contributed by atoms with van der Waals surface area (Å²) in [7, 11) is 0. The van der Waals surface area contributed by atoms with Crippen LogP contribution >= 0.6 is 23.2 Å². The summed E-state index contributed by atoms with van der Waals surface area (Å²) < 4.78 is 19.6. The molecule has 1 heterocycles. The van der Waals surface area contributed by atoms with Gasteiger partial charge in [-0.2, -0.15) is 0 Å². The summed E-state index contributed by atoms with van der Waals surface area (Å²) in [6.45, 7) is 3.74. The lowest BCUT2D eigenvalue weighted by atomic mass is 10.1. The van der Waals surface area contributed by atoms with Crippen LogP contribution < -0.4 is 4.74 Å². The molecule has 0 aromatic heterocycles. The number of carbonyl (C=O) groups is 1. The van der Waals surface area contributed by atoms with Crippen LogP contribution in [-0.2, 0) is 0 Å². The van der Waals surface area contributed by atoms with E-state index in [2.05, 4.69) is 4.90 Å². The molecule has 7 heteroatoms. The molecule has 0 radical (unpaired) electrons. The van der Waals surface area contributed by atoms with Crippen molar-refractivity contribution < 1.29 is 13.9 Å². The molecule has 0 saturated carbocycles. The van der Waals surface area contributed by atoms with Crippen molar-refractivity contribution in [3.63, 3.8) is 0 Å². The minimum absolute atomic E-state index is 0.0213. The van der Waals surface area contributed by atoms with E-state index in [1.165, 1.54) is 18.2 Å². The second kappa shape index (κ2) is 8.71. The number of hydrogen-bond acceptors (Lipinski definition) is 3. The van der Waals surface area contributed by atoms with E-state index in [1.807, 2.05) is 18.2 Å². The van der Waals surface area contributed by atoms with Crippen molar-refractivity contribution in [3.8, 4) is 5.75 Å². The molecule has 0 spiro atoms. The van der Waals surface area contributed by atoms with Gasteiger partial charge in [0, 0.05) is 37.7 Å². The Labute approximate surface area is 162 Å². The topological polar surface area (TPSA) is 32.8 Å². The first-order chi connectivity index (χ1) is 12.5. The van der Waals surface area contributed by atoms with Gasteiger partial charge in [-0.05, 0) is 30.3 Å². The molecule has 26 heavy (non-hydrogen) atoms. The minimum atomic E-state index is -0.546. The smallest absolute Gasteiger partial charge is 0.256 e. The predicted molar refractivity (Wildman–Crippen MR) is 101 cm³/mol. The van der Waals surface area contributed by atoms with Crippen LogP contribution in [0.15, 0.2) is 42.5 Å². The minimum Gasteiger partial charge on any atom is -0.491 e.